The van der Waals surface area contributed by atoms with Crippen molar-refractivity contribution in [2.75, 3.05) is 32.8 Å². The lowest BCUT2D eigenvalue weighted by molar-refractivity contribution is -0.144. The summed E-state index contributed by atoms with van der Waals surface area (Å²) in [4.78, 5) is 14.0. The van der Waals surface area contributed by atoms with Crippen LogP contribution < -0.4 is 5.32 Å². The summed E-state index contributed by atoms with van der Waals surface area (Å²) in [5.74, 6) is 0.0640. The van der Waals surface area contributed by atoms with Gasteiger partial charge in [0.2, 0.25) is 5.91 Å². The van der Waals surface area contributed by atoms with Crippen LogP contribution in [-0.4, -0.2) is 43.6 Å². The lowest BCUT2D eigenvalue weighted by Gasteiger charge is -2.37. The van der Waals surface area contributed by atoms with E-state index in [0.717, 1.165) is 18.7 Å². The van der Waals surface area contributed by atoms with E-state index in [4.69, 9.17) is 4.74 Å². The number of ether oxygens (including phenoxy) is 1. The highest BCUT2D eigenvalue weighted by molar-refractivity contribution is 5.80. The van der Waals surface area contributed by atoms with Gasteiger partial charge in [-0.3, -0.25) is 4.79 Å². The van der Waals surface area contributed by atoms with Crippen LogP contribution in [0.2, 0.25) is 0 Å². The Morgan fingerprint density at radius 1 is 1.32 bits per heavy atom. The van der Waals surface area contributed by atoms with Gasteiger partial charge in [0, 0.05) is 19.6 Å². The second kappa shape index (κ2) is 5.27. The molecule has 2 heterocycles. The average molecular weight is 264 g/mol. The highest BCUT2D eigenvalue weighted by Crippen LogP contribution is 2.23. The molecule has 5 heteroatoms. The van der Waals surface area contributed by atoms with Gasteiger partial charge < -0.3 is 15.0 Å². The van der Waals surface area contributed by atoms with E-state index >= 15 is 0 Å². The molecule has 4 nitrogen and oxygen atoms in total. The summed E-state index contributed by atoms with van der Waals surface area (Å²) < 4.78 is 18.6. The van der Waals surface area contributed by atoms with Crippen LogP contribution in [0.3, 0.4) is 0 Å². The van der Waals surface area contributed by atoms with Crippen molar-refractivity contribution in [2.24, 2.45) is 5.92 Å². The molecule has 0 aromatic heterocycles. The molecule has 19 heavy (non-hydrogen) atoms. The minimum Gasteiger partial charge on any atom is -0.370 e. The van der Waals surface area contributed by atoms with Crippen molar-refractivity contribution >= 4 is 5.91 Å². The van der Waals surface area contributed by atoms with Crippen molar-refractivity contribution < 1.29 is 13.9 Å². The molecule has 2 saturated heterocycles. The standard InChI is InChI=1S/C14H17FN2O2/c15-12-3-1-10(2-4-12)13-9-17(5-6-19-13)14(18)11-7-16-8-11/h1-4,11,13,16H,5-9H2. The van der Waals surface area contributed by atoms with Gasteiger partial charge in [-0.05, 0) is 17.7 Å². The third-order valence-corrected chi connectivity index (χ3v) is 3.75. The van der Waals surface area contributed by atoms with E-state index in [0.29, 0.717) is 19.7 Å². The van der Waals surface area contributed by atoms with Crippen LogP contribution >= 0.6 is 0 Å². The normalized spacial score (nSPS) is 24.1. The van der Waals surface area contributed by atoms with Crippen LogP contribution in [0, 0.1) is 11.7 Å². The van der Waals surface area contributed by atoms with Gasteiger partial charge in [0.05, 0.1) is 19.1 Å². The number of rotatable bonds is 2. The average Bonchev–Trinajstić information content (AvgIpc) is 2.38. The van der Waals surface area contributed by atoms with Gasteiger partial charge in [-0.1, -0.05) is 12.1 Å². The minimum atomic E-state index is -0.256. The van der Waals surface area contributed by atoms with Crippen molar-refractivity contribution in [2.45, 2.75) is 6.10 Å². The van der Waals surface area contributed by atoms with Gasteiger partial charge in [-0.15, -0.1) is 0 Å². The fourth-order valence-corrected chi connectivity index (χ4v) is 2.45. The number of carbonyl (C=O) groups excluding carboxylic acids is 1. The maximum atomic E-state index is 12.9. The lowest BCUT2D eigenvalue weighted by Crippen LogP contribution is -2.54. The Labute approximate surface area is 111 Å². The summed E-state index contributed by atoms with van der Waals surface area (Å²) >= 11 is 0. The molecule has 0 bridgehead atoms. The molecule has 1 unspecified atom stereocenters. The molecule has 1 atom stereocenters. The number of nitrogens with one attached hydrogen (secondary N) is 1. The Morgan fingerprint density at radius 3 is 2.68 bits per heavy atom. The van der Waals surface area contributed by atoms with Crippen LogP contribution in [-0.2, 0) is 9.53 Å². The van der Waals surface area contributed by atoms with Crippen molar-refractivity contribution in [3.63, 3.8) is 0 Å². The fourth-order valence-electron chi connectivity index (χ4n) is 2.45. The SMILES string of the molecule is O=C(C1CNC1)N1CCOC(c2ccc(F)cc2)C1. The summed E-state index contributed by atoms with van der Waals surface area (Å²) in [6.07, 6.45) is -0.147. The van der Waals surface area contributed by atoms with Crippen molar-refractivity contribution in [1.82, 2.24) is 10.2 Å². The Morgan fingerprint density at radius 2 is 2.05 bits per heavy atom. The molecule has 2 aliphatic rings. The van der Waals surface area contributed by atoms with Crippen LogP contribution in [0.5, 0.6) is 0 Å². The van der Waals surface area contributed by atoms with Gasteiger partial charge in [-0.25, -0.2) is 4.39 Å². The highest BCUT2D eigenvalue weighted by Gasteiger charge is 2.32. The molecule has 1 N–H and O–H groups in total. The first kappa shape index (κ1) is 12.6. The van der Waals surface area contributed by atoms with Crippen LogP contribution in [0.15, 0.2) is 24.3 Å². The summed E-state index contributed by atoms with van der Waals surface area (Å²) in [6, 6.07) is 6.29. The largest absolute Gasteiger partial charge is 0.370 e. The van der Waals surface area contributed by atoms with Crippen LogP contribution in [0.1, 0.15) is 11.7 Å². The minimum absolute atomic E-state index is 0.118. The Bertz CT molecular complexity index is 459. The zero-order valence-corrected chi connectivity index (χ0v) is 10.6. The van der Waals surface area contributed by atoms with Gasteiger partial charge in [0.25, 0.3) is 0 Å². The number of halogens is 1. The highest BCUT2D eigenvalue weighted by atomic mass is 19.1. The molecular weight excluding hydrogens is 247 g/mol. The molecule has 1 aromatic rings. The lowest BCUT2D eigenvalue weighted by atomic mass is 10.0. The first-order chi connectivity index (χ1) is 9.24. The zero-order valence-electron chi connectivity index (χ0n) is 10.6. The van der Waals surface area contributed by atoms with Gasteiger partial charge in [0.1, 0.15) is 11.9 Å². The number of nitrogens with zero attached hydrogens (tertiary/aromatic N) is 1. The van der Waals surface area contributed by atoms with Crippen molar-refractivity contribution in [3.8, 4) is 0 Å². The quantitative estimate of drug-likeness (QED) is 0.864. The number of carbonyl (C=O) groups is 1. The fraction of sp³-hybridized carbons (Fsp3) is 0.500. The van der Waals surface area contributed by atoms with E-state index in [2.05, 4.69) is 5.32 Å². The predicted molar refractivity (Wildman–Crippen MR) is 68.0 cm³/mol. The number of amides is 1. The first-order valence-corrected chi connectivity index (χ1v) is 6.60. The van der Waals surface area contributed by atoms with E-state index in [9.17, 15) is 9.18 Å². The first-order valence-electron chi connectivity index (χ1n) is 6.60. The van der Waals surface area contributed by atoms with Gasteiger partial charge >= 0.3 is 0 Å². The summed E-state index contributed by atoms with van der Waals surface area (Å²) in [5, 5.41) is 3.11. The molecule has 0 aliphatic carbocycles. The molecule has 2 fully saturated rings. The third-order valence-electron chi connectivity index (χ3n) is 3.75. The Hall–Kier alpha value is -1.46. The molecule has 2 aliphatic heterocycles. The number of morpholine rings is 1. The monoisotopic (exact) mass is 264 g/mol. The molecular formula is C14H17FN2O2. The molecule has 0 saturated carbocycles. The zero-order chi connectivity index (χ0) is 13.2. The summed E-state index contributed by atoms with van der Waals surface area (Å²) in [7, 11) is 0. The van der Waals surface area contributed by atoms with E-state index in [-0.39, 0.29) is 23.7 Å². The van der Waals surface area contributed by atoms with Gasteiger partial charge in [0.15, 0.2) is 0 Å². The molecule has 1 amide bonds. The van der Waals surface area contributed by atoms with Crippen LogP contribution in [0.25, 0.3) is 0 Å². The number of hydrogen-bond acceptors (Lipinski definition) is 3. The topological polar surface area (TPSA) is 41.6 Å². The van der Waals surface area contributed by atoms with E-state index < -0.39 is 0 Å². The molecule has 0 spiro atoms. The molecule has 3 rings (SSSR count). The number of hydrogen-bond donors (Lipinski definition) is 1. The Kier molecular flexibility index (Phi) is 3.48. The van der Waals surface area contributed by atoms with E-state index in [1.807, 2.05) is 4.90 Å². The second-order valence-electron chi connectivity index (χ2n) is 5.05. The summed E-state index contributed by atoms with van der Waals surface area (Å²) in [5.41, 5.74) is 0.922. The Balaban J connectivity index is 1.67. The molecule has 102 valence electrons. The maximum absolute atomic E-state index is 12.9. The smallest absolute Gasteiger partial charge is 0.228 e. The maximum Gasteiger partial charge on any atom is 0.228 e. The third kappa shape index (κ3) is 2.62. The van der Waals surface area contributed by atoms with Crippen molar-refractivity contribution in [1.29, 1.82) is 0 Å². The number of benzene rings is 1. The summed E-state index contributed by atoms with van der Waals surface area (Å²) in [6.45, 7) is 3.29. The van der Waals surface area contributed by atoms with E-state index in [1.54, 1.807) is 12.1 Å². The second-order valence-corrected chi connectivity index (χ2v) is 5.05. The van der Waals surface area contributed by atoms with Crippen LogP contribution in [0.4, 0.5) is 4.39 Å². The van der Waals surface area contributed by atoms with Gasteiger partial charge in [-0.2, -0.15) is 0 Å². The van der Waals surface area contributed by atoms with Crippen molar-refractivity contribution in [3.05, 3.63) is 35.6 Å². The molecule has 0 radical (unpaired) electrons. The molecule has 1 aromatic carbocycles. The predicted octanol–water partition coefficient (Wildman–Crippen LogP) is 0.945. The van der Waals surface area contributed by atoms with E-state index in [1.165, 1.54) is 12.1 Å².